The third-order valence-corrected chi connectivity index (χ3v) is 1.55. The Morgan fingerprint density at radius 2 is 2.40 bits per heavy atom. The fraction of sp³-hybridized carbons (Fsp3) is 0.429. The van der Waals surface area contributed by atoms with Crippen molar-refractivity contribution in [1.82, 2.24) is 5.32 Å². The van der Waals surface area contributed by atoms with Gasteiger partial charge in [-0.3, -0.25) is 9.79 Å². The maximum absolute atomic E-state index is 10.8. The lowest BCUT2D eigenvalue weighted by atomic mass is 10.2. The molecule has 0 bridgehead atoms. The highest BCUT2D eigenvalue weighted by atomic mass is 16.1. The first kappa shape index (κ1) is 6.99. The molecule has 0 atom stereocenters. The number of carbonyl (C=O) groups is 1. The van der Waals surface area contributed by atoms with Crippen LogP contribution in [0.1, 0.15) is 6.92 Å². The van der Waals surface area contributed by atoms with Gasteiger partial charge < -0.3 is 5.32 Å². The molecule has 1 heterocycles. The van der Waals surface area contributed by atoms with Gasteiger partial charge in [0.05, 0.1) is 0 Å². The normalized spacial score (nSPS) is 18.8. The molecular weight excluding hydrogens is 128 g/mol. The molecule has 1 amide bonds. The molecule has 10 heavy (non-hydrogen) atoms. The minimum atomic E-state index is 0.0231. The van der Waals surface area contributed by atoms with Crippen LogP contribution in [0.5, 0.6) is 0 Å². The Labute approximate surface area is 59.8 Å². The van der Waals surface area contributed by atoms with Crippen LogP contribution in [0.2, 0.25) is 0 Å². The molecule has 0 radical (unpaired) electrons. The molecule has 1 N–H and O–H groups in total. The Hall–Kier alpha value is -1.12. The molecule has 0 saturated heterocycles. The summed E-state index contributed by atoms with van der Waals surface area (Å²) in [4.78, 5) is 14.7. The monoisotopic (exact) mass is 138 g/mol. The lowest BCUT2D eigenvalue weighted by Crippen LogP contribution is -2.16. The molecule has 0 aromatic rings. The number of nitrogens with zero attached hydrogens (tertiary/aromatic N) is 1. The van der Waals surface area contributed by atoms with Crippen LogP contribution in [0.4, 0.5) is 0 Å². The van der Waals surface area contributed by atoms with Crippen LogP contribution in [0, 0.1) is 0 Å². The van der Waals surface area contributed by atoms with E-state index < -0.39 is 0 Å². The van der Waals surface area contributed by atoms with E-state index in [2.05, 4.69) is 10.3 Å². The van der Waals surface area contributed by atoms with Crippen molar-refractivity contribution in [2.24, 2.45) is 4.99 Å². The summed E-state index contributed by atoms with van der Waals surface area (Å²) in [7, 11) is 1.70. The van der Waals surface area contributed by atoms with E-state index in [0.29, 0.717) is 6.54 Å². The number of rotatable bonds is 1. The van der Waals surface area contributed by atoms with E-state index in [4.69, 9.17) is 0 Å². The van der Waals surface area contributed by atoms with Crippen molar-refractivity contribution < 1.29 is 4.79 Å². The van der Waals surface area contributed by atoms with E-state index in [0.717, 1.165) is 11.1 Å². The number of amides is 1. The molecule has 1 aliphatic heterocycles. The molecule has 3 nitrogen and oxygen atoms in total. The van der Waals surface area contributed by atoms with E-state index >= 15 is 0 Å². The lowest BCUT2D eigenvalue weighted by molar-refractivity contribution is -0.116. The zero-order valence-corrected chi connectivity index (χ0v) is 6.14. The van der Waals surface area contributed by atoms with Crippen LogP contribution in [0.15, 0.2) is 16.1 Å². The average Bonchev–Trinajstić information content (AvgIpc) is 2.20. The van der Waals surface area contributed by atoms with Crippen molar-refractivity contribution in [3.63, 3.8) is 0 Å². The van der Waals surface area contributed by atoms with Crippen LogP contribution < -0.4 is 5.32 Å². The number of carbonyl (C=O) groups excluding carboxylic acids is 1. The maximum Gasteiger partial charge on any atom is 0.247 e. The number of hydrogen-bond donors (Lipinski definition) is 1. The molecule has 0 aromatic carbocycles. The molecule has 1 aliphatic rings. The molecular formula is C7H10N2O. The summed E-state index contributed by atoms with van der Waals surface area (Å²) in [5, 5.41) is 2.70. The molecule has 3 heteroatoms. The van der Waals surface area contributed by atoms with E-state index in [1.165, 1.54) is 0 Å². The molecule has 0 aromatic heterocycles. The maximum atomic E-state index is 10.8. The van der Waals surface area contributed by atoms with Crippen LogP contribution in [0.25, 0.3) is 0 Å². The van der Waals surface area contributed by atoms with Crippen LogP contribution in [0.3, 0.4) is 0 Å². The van der Waals surface area contributed by atoms with Gasteiger partial charge in [-0.15, -0.1) is 0 Å². The topological polar surface area (TPSA) is 41.5 Å². The van der Waals surface area contributed by atoms with Crippen molar-refractivity contribution in [3.05, 3.63) is 11.1 Å². The highest BCUT2D eigenvalue weighted by Gasteiger charge is 2.15. The standard InChI is InChI=1S/C7H10N2O/c1-5-6(3-8-2)4-9-7(5)10/h3H,4H2,1-2H3,(H,9,10). The van der Waals surface area contributed by atoms with E-state index in [9.17, 15) is 4.79 Å². The predicted molar refractivity (Wildman–Crippen MR) is 40.1 cm³/mol. The summed E-state index contributed by atoms with van der Waals surface area (Å²) in [6.07, 6.45) is 1.72. The van der Waals surface area contributed by atoms with E-state index in [1.807, 2.05) is 0 Å². The highest BCUT2D eigenvalue weighted by molar-refractivity contribution is 6.03. The third kappa shape index (κ3) is 1.07. The first-order valence-corrected chi connectivity index (χ1v) is 3.16. The van der Waals surface area contributed by atoms with Gasteiger partial charge in [0.25, 0.3) is 0 Å². The largest absolute Gasteiger partial charge is 0.348 e. The lowest BCUT2D eigenvalue weighted by Gasteiger charge is -1.87. The molecule has 0 saturated carbocycles. The van der Waals surface area contributed by atoms with Crippen molar-refractivity contribution >= 4 is 12.1 Å². The first-order chi connectivity index (χ1) is 4.75. The Bertz CT molecular complexity index is 216. The minimum Gasteiger partial charge on any atom is -0.348 e. The van der Waals surface area contributed by atoms with Gasteiger partial charge in [-0.25, -0.2) is 0 Å². The predicted octanol–water partition coefficient (Wildman–Crippen LogP) is 0.133. The van der Waals surface area contributed by atoms with Gasteiger partial charge in [0, 0.05) is 25.4 Å². The highest BCUT2D eigenvalue weighted by Crippen LogP contribution is 2.06. The Morgan fingerprint density at radius 3 is 2.80 bits per heavy atom. The molecule has 54 valence electrons. The van der Waals surface area contributed by atoms with Crippen LogP contribution in [-0.2, 0) is 4.79 Å². The third-order valence-electron chi connectivity index (χ3n) is 1.55. The fourth-order valence-electron chi connectivity index (χ4n) is 0.885. The summed E-state index contributed by atoms with van der Waals surface area (Å²) >= 11 is 0. The summed E-state index contributed by atoms with van der Waals surface area (Å²) in [5.41, 5.74) is 1.78. The van der Waals surface area contributed by atoms with E-state index in [1.54, 1.807) is 20.2 Å². The van der Waals surface area contributed by atoms with E-state index in [-0.39, 0.29) is 5.91 Å². The number of hydrogen-bond acceptors (Lipinski definition) is 2. The fourth-order valence-corrected chi connectivity index (χ4v) is 0.885. The van der Waals surface area contributed by atoms with Gasteiger partial charge in [-0.2, -0.15) is 0 Å². The van der Waals surface area contributed by atoms with Gasteiger partial charge in [-0.05, 0) is 12.5 Å². The minimum absolute atomic E-state index is 0.0231. The van der Waals surface area contributed by atoms with Crippen molar-refractivity contribution in [1.29, 1.82) is 0 Å². The molecule has 0 aliphatic carbocycles. The van der Waals surface area contributed by atoms with Crippen LogP contribution in [-0.4, -0.2) is 25.7 Å². The summed E-state index contributed by atoms with van der Waals surface area (Å²) in [6, 6.07) is 0. The molecule has 0 fully saturated rings. The second kappa shape index (κ2) is 2.64. The zero-order valence-electron chi connectivity index (χ0n) is 6.14. The number of nitrogens with one attached hydrogen (secondary N) is 1. The Morgan fingerprint density at radius 1 is 1.70 bits per heavy atom. The first-order valence-electron chi connectivity index (χ1n) is 3.16. The SMILES string of the molecule is CN=CC1=C(C)C(=O)NC1. The van der Waals surface area contributed by atoms with Crippen molar-refractivity contribution in [2.75, 3.05) is 13.6 Å². The smallest absolute Gasteiger partial charge is 0.247 e. The molecule has 1 rings (SSSR count). The molecule has 0 unspecified atom stereocenters. The average molecular weight is 138 g/mol. The van der Waals surface area contributed by atoms with Gasteiger partial charge in [0.15, 0.2) is 0 Å². The Balaban J connectivity index is 2.85. The zero-order chi connectivity index (χ0) is 7.56. The van der Waals surface area contributed by atoms with Gasteiger partial charge in [0.1, 0.15) is 0 Å². The van der Waals surface area contributed by atoms with Crippen LogP contribution >= 0.6 is 0 Å². The second-order valence-corrected chi connectivity index (χ2v) is 2.22. The number of aliphatic imine (C=N–C) groups is 1. The molecule has 0 spiro atoms. The summed E-state index contributed by atoms with van der Waals surface area (Å²) < 4.78 is 0. The van der Waals surface area contributed by atoms with Gasteiger partial charge >= 0.3 is 0 Å². The summed E-state index contributed by atoms with van der Waals surface area (Å²) in [5.74, 6) is 0.0231. The quantitative estimate of drug-likeness (QED) is 0.514. The van der Waals surface area contributed by atoms with Crippen molar-refractivity contribution in [3.8, 4) is 0 Å². The van der Waals surface area contributed by atoms with Gasteiger partial charge in [0.2, 0.25) is 5.91 Å². The second-order valence-electron chi connectivity index (χ2n) is 2.22. The summed E-state index contributed by atoms with van der Waals surface area (Å²) in [6.45, 7) is 2.43. The van der Waals surface area contributed by atoms with Gasteiger partial charge in [-0.1, -0.05) is 0 Å². The van der Waals surface area contributed by atoms with Crippen molar-refractivity contribution in [2.45, 2.75) is 6.92 Å². The Kier molecular flexibility index (Phi) is 1.85.